The van der Waals surface area contributed by atoms with E-state index in [1.54, 1.807) is 0 Å². The van der Waals surface area contributed by atoms with Crippen molar-refractivity contribution >= 4 is 10.2 Å². The maximum absolute atomic E-state index is 12.1. The van der Waals surface area contributed by atoms with Crippen LogP contribution in [0.5, 0.6) is 0 Å². The molecule has 0 bridgehead atoms. The average molecular weight is 292 g/mol. The number of hydrogen-bond acceptors (Lipinski definition) is 4. The molecule has 0 aliphatic carbocycles. The minimum absolute atomic E-state index is 0.317. The number of rotatable bonds is 7. The molecular weight excluding hydrogens is 264 g/mol. The molecule has 1 fully saturated rings. The zero-order valence-corrected chi connectivity index (χ0v) is 13.1. The van der Waals surface area contributed by atoms with Gasteiger partial charge in [0.25, 0.3) is 10.2 Å². The summed E-state index contributed by atoms with van der Waals surface area (Å²) in [6.07, 6.45) is 1.01. The smallest absolute Gasteiger partial charge is 0.279 e. The van der Waals surface area contributed by atoms with E-state index in [0.717, 1.165) is 19.5 Å². The molecule has 0 spiro atoms. The minimum atomic E-state index is -3.32. The van der Waals surface area contributed by atoms with Crippen LogP contribution in [0.3, 0.4) is 0 Å². The molecule has 0 aromatic rings. The largest absolute Gasteiger partial charge is 0.329 e. The highest BCUT2D eigenvalue weighted by atomic mass is 32.2. The maximum Gasteiger partial charge on any atom is 0.279 e. The predicted octanol–water partition coefficient (Wildman–Crippen LogP) is -0.168. The van der Waals surface area contributed by atoms with Crippen LogP contribution in [-0.4, -0.2) is 62.9 Å². The molecule has 1 aliphatic heterocycles. The molecule has 1 atom stereocenters. The van der Waals surface area contributed by atoms with Crippen LogP contribution in [0.1, 0.15) is 27.2 Å². The fourth-order valence-electron chi connectivity index (χ4n) is 2.25. The van der Waals surface area contributed by atoms with Gasteiger partial charge in [-0.25, -0.2) is 4.72 Å². The van der Waals surface area contributed by atoms with Gasteiger partial charge in [-0.05, 0) is 12.3 Å². The van der Waals surface area contributed by atoms with Gasteiger partial charge in [-0.15, -0.1) is 0 Å². The quantitative estimate of drug-likeness (QED) is 0.683. The van der Waals surface area contributed by atoms with Crippen molar-refractivity contribution in [3.63, 3.8) is 0 Å². The summed E-state index contributed by atoms with van der Waals surface area (Å²) in [5.74, 6) is 0.317. The molecule has 0 saturated carbocycles. The first kappa shape index (κ1) is 16.8. The number of nitrogens with two attached hydrogens (primary N) is 1. The van der Waals surface area contributed by atoms with Gasteiger partial charge in [-0.1, -0.05) is 20.8 Å². The molecule has 1 saturated heterocycles. The second-order valence-corrected chi connectivity index (χ2v) is 7.24. The molecule has 0 amide bonds. The van der Waals surface area contributed by atoms with Crippen molar-refractivity contribution < 1.29 is 8.42 Å². The van der Waals surface area contributed by atoms with Crippen LogP contribution in [0, 0.1) is 5.92 Å². The molecule has 1 unspecified atom stereocenters. The number of hydrogen-bond donors (Lipinski definition) is 2. The summed E-state index contributed by atoms with van der Waals surface area (Å²) in [7, 11) is -3.32. The topological polar surface area (TPSA) is 78.7 Å². The van der Waals surface area contributed by atoms with Crippen LogP contribution in [-0.2, 0) is 10.2 Å². The van der Waals surface area contributed by atoms with E-state index < -0.39 is 10.2 Å². The van der Waals surface area contributed by atoms with Gasteiger partial charge >= 0.3 is 0 Å². The maximum atomic E-state index is 12.1. The van der Waals surface area contributed by atoms with Crippen molar-refractivity contribution in [2.75, 3.05) is 39.3 Å². The molecule has 0 aromatic heterocycles. The summed E-state index contributed by atoms with van der Waals surface area (Å²) in [6, 6.07) is 0.369. The third-order valence-electron chi connectivity index (χ3n) is 3.55. The minimum Gasteiger partial charge on any atom is -0.329 e. The summed E-state index contributed by atoms with van der Waals surface area (Å²) in [4.78, 5) is 2.29. The van der Waals surface area contributed by atoms with Gasteiger partial charge in [0, 0.05) is 45.3 Å². The first-order valence-corrected chi connectivity index (χ1v) is 8.53. The van der Waals surface area contributed by atoms with E-state index in [2.05, 4.69) is 16.5 Å². The lowest BCUT2D eigenvalue weighted by molar-refractivity contribution is 0.136. The third-order valence-corrected chi connectivity index (χ3v) is 5.12. The normalized spacial score (nSPS) is 20.9. The fourth-order valence-corrected chi connectivity index (χ4v) is 3.62. The lowest BCUT2D eigenvalue weighted by atomic mass is 10.1. The molecule has 1 rings (SSSR count). The van der Waals surface area contributed by atoms with E-state index in [1.165, 1.54) is 4.31 Å². The van der Waals surface area contributed by atoms with Crippen molar-refractivity contribution in [1.29, 1.82) is 0 Å². The monoisotopic (exact) mass is 292 g/mol. The molecular formula is C12H28N4O2S. The van der Waals surface area contributed by atoms with Crippen LogP contribution in [0.4, 0.5) is 0 Å². The Labute approximate surface area is 117 Å². The molecule has 6 nitrogen and oxygen atoms in total. The number of nitrogens with zero attached hydrogens (tertiary/aromatic N) is 2. The van der Waals surface area contributed by atoms with Crippen LogP contribution in [0.15, 0.2) is 0 Å². The molecule has 3 N–H and O–H groups in total. The molecule has 1 aliphatic rings. The van der Waals surface area contributed by atoms with Gasteiger partial charge in [0.05, 0.1) is 0 Å². The van der Waals surface area contributed by atoms with Crippen molar-refractivity contribution in [1.82, 2.24) is 13.9 Å². The Morgan fingerprint density at radius 3 is 2.21 bits per heavy atom. The Kier molecular flexibility index (Phi) is 6.68. The zero-order valence-electron chi connectivity index (χ0n) is 12.3. The van der Waals surface area contributed by atoms with Crippen LogP contribution < -0.4 is 10.5 Å². The second-order valence-electron chi connectivity index (χ2n) is 5.48. The van der Waals surface area contributed by atoms with Gasteiger partial charge < -0.3 is 5.73 Å². The van der Waals surface area contributed by atoms with E-state index >= 15 is 0 Å². The molecule has 19 heavy (non-hydrogen) atoms. The zero-order chi connectivity index (χ0) is 14.5. The number of nitrogens with one attached hydrogen (secondary N) is 1. The molecule has 1 heterocycles. The Morgan fingerprint density at radius 2 is 1.79 bits per heavy atom. The summed E-state index contributed by atoms with van der Waals surface area (Å²) >= 11 is 0. The van der Waals surface area contributed by atoms with E-state index in [4.69, 9.17) is 5.73 Å². The fraction of sp³-hybridized carbons (Fsp3) is 1.00. The molecule has 0 aromatic carbocycles. The first-order valence-electron chi connectivity index (χ1n) is 7.09. The summed E-state index contributed by atoms with van der Waals surface area (Å²) in [5.41, 5.74) is 5.73. The highest BCUT2D eigenvalue weighted by Gasteiger charge is 2.28. The van der Waals surface area contributed by atoms with Crippen molar-refractivity contribution in [3.8, 4) is 0 Å². The van der Waals surface area contributed by atoms with E-state index in [-0.39, 0.29) is 0 Å². The van der Waals surface area contributed by atoms with Gasteiger partial charge in [0.15, 0.2) is 0 Å². The molecule has 0 radical (unpaired) electrons. The van der Waals surface area contributed by atoms with Crippen LogP contribution >= 0.6 is 0 Å². The summed E-state index contributed by atoms with van der Waals surface area (Å²) < 4.78 is 28.3. The molecule has 7 heteroatoms. The van der Waals surface area contributed by atoms with Gasteiger partial charge in [-0.3, -0.25) is 4.90 Å². The summed E-state index contributed by atoms with van der Waals surface area (Å²) in [5, 5.41) is 0. The van der Waals surface area contributed by atoms with Crippen molar-refractivity contribution in [2.24, 2.45) is 11.7 Å². The first-order chi connectivity index (χ1) is 8.90. The van der Waals surface area contributed by atoms with Gasteiger partial charge in [-0.2, -0.15) is 12.7 Å². The van der Waals surface area contributed by atoms with Crippen molar-refractivity contribution in [2.45, 2.75) is 33.2 Å². The second kappa shape index (κ2) is 7.54. The third kappa shape index (κ3) is 5.00. The average Bonchev–Trinajstić information content (AvgIpc) is 2.39. The predicted molar refractivity (Wildman–Crippen MR) is 78.0 cm³/mol. The highest BCUT2D eigenvalue weighted by Crippen LogP contribution is 2.11. The standard InChI is InChI=1S/C12H28N4O2S/c1-4-12(9-13)15-5-7-16(8-6-15)19(17,18)14-10-11(2)3/h11-12,14H,4-10,13H2,1-3H3. The van der Waals surface area contributed by atoms with E-state index in [9.17, 15) is 8.42 Å². The Bertz CT molecular complexity index is 347. The SMILES string of the molecule is CCC(CN)N1CCN(S(=O)(=O)NCC(C)C)CC1. The Balaban J connectivity index is 2.48. The Hall–Kier alpha value is -0.210. The van der Waals surface area contributed by atoms with Crippen LogP contribution in [0.25, 0.3) is 0 Å². The van der Waals surface area contributed by atoms with E-state index in [1.807, 2.05) is 13.8 Å². The van der Waals surface area contributed by atoms with E-state index in [0.29, 0.717) is 38.1 Å². The Morgan fingerprint density at radius 1 is 1.21 bits per heavy atom. The lowest BCUT2D eigenvalue weighted by Crippen LogP contribution is -2.55. The lowest BCUT2D eigenvalue weighted by Gasteiger charge is -2.38. The van der Waals surface area contributed by atoms with Gasteiger partial charge in [0.2, 0.25) is 0 Å². The van der Waals surface area contributed by atoms with Crippen molar-refractivity contribution in [3.05, 3.63) is 0 Å². The molecule has 114 valence electrons. The number of piperazine rings is 1. The highest BCUT2D eigenvalue weighted by molar-refractivity contribution is 7.87. The van der Waals surface area contributed by atoms with Crippen LogP contribution in [0.2, 0.25) is 0 Å². The summed E-state index contributed by atoms with van der Waals surface area (Å²) in [6.45, 7) is 9.84. The van der Waals surface area contributed by atoms with Gasteiger partial charge in [0.1, 0.15) is 0 Å².